The van der Waals surface area contributed by atoms with Gasteiger partial charge >= 0.3 is 5.97 Å². The lowest BCUT2D eigenvalue weighted by Gasteiger charge is -2.17. The molecule has 0 atom stereocenters. The molecule has 0 aromatic rings. The first-order valence-corrected chi connectivity index (χ1v) is 3.44. The van der Waals surface area contributed by atoms with Crippen LogP contribution in [0.2, 0.25) is 0 Å². The van der Waals surface area contributed by atoms with Gasteiger partial charge in [-0.05, 0) is 20.8 Å². The van der Waals surface area contributed by atoms with Crippen LogP contribution in [0.25, 0.3) is 0 Å². The Bertz CT molecular complexity index is 175. The van der Waals surface area contributed by atoms with Gasteiger partial charge in [-0.1, -0.05) is 0 Å². The van der Waals surface area contributed by atoms with E-state index in [0.717, 1.165) is 0 Å². The van der Waals surface area contributed by atoms with Crippen LogP contribution in [0.1, 0.15) is 20.8 Å². The lowest BCUT2D eigenvalue weighted by molar-refractivity contribution is -0.153. The largest absolute Gasteiger partial charge is 0.480 e. The number of aliphatic carboxylic acids is 1. The van der Waals surface area contributed by atoms with Crippen molar-refractivity contribution in [2.45, 2.75) is 20.8 Å². The predicted octanol–water partition coefficient (Wildman–Crippen LogP) is 0.233. The van der Waals surface area contributed by atoms with Crippen LogP contribution in [0.5, 0.6) is 0 Å². The molecule has 0 saturated heterocycles. The zero-order valence-corrected chi connectivity index (χ0v) is 6.97. The third-order valence-electron chi connectivity index (χ3n) is 1.44. The van der Waals surface area contributed by atoms with Crippen molar-refractivity contribution < 1.29 is 14.7 Å². The number of hydrogen-bond acceptors (Lipinski definition) is 2. The average Bonchev–Trinajstić information content (AvgIpc) is 1.88. The van der Waals surface area contributed by atoms with Crippen molar-refractivity contribution in [3.63, 3.8) is 0 Å². The minimum atomic E-state index is -1.32. The van der Waals surface area contributed by atoms with Crippen LogP contribution >= 0.6 is 0 Å². The number of carbonyl (C=O) groups excluding carboxylic acids is 1. The summed E-state index contributed by atoms with van der Waals surface area (Å²) in [4.78, 5) is 21.5. The molecule has 0 aliphatic heterocycles. The first-order valence-electron chi connectivity index (χ1n) is 3.44. The molecule has 0 rings (SSSR count). The summed E-state index contributed by atoms with van der Waals surface area (Å²) in [7, 11) is 0. The van der Waals surface area contributed by atoms with E-state index in [1.165, 1.54) is 13.8 Å². The summed E-state index contributed by atoms with van der Waals surface area (Å²) < 4.78 is 0. The molecule has 0 aromatic carbocycles. The molecule has 64 valence electrons. The molecule has 0 aromatic heterocycles. The summed E-state index contributed by atoms with van der Waals surface area (Å²) >= 11 is 0. The monoisotopic (exact) mass is 159 g/mol. The summed E-state index contributed by atoms with van der Waals surface area (Å²) in [5.41, 5.74) is -1.32. The molecule has 0 bridgehead atoms. The summed E-state index contributed by atoms with van der Waals surface area (Å²) in [5.74, 6) is -1.56. The van der Waals surface area contributed by atoms with Gasteiger partial charge in [0.25, 0.3) is 0 Å². The van der Waals surface area contributed by atoms with E-state index in [1.54, 1.807) is 6.92 Å². The number of nitrogens with one attached hydrogen (secondary N) is 1. The highest BCUT2D eigenvalue weighted by atomic mass is 16.4. The van der Waals surface area contributed by atoms with E-state index in [0.29, 0.717) is 6.54 Å². The lowest BCUT2D eigenvalue weighted by atomic mass is 9.93. The summed E-state index contributed by atoms with van der Waals surface area (Å²) in [6.07, 6.45) is 0. The van der Waals surface area contributed by atoms with Crippen LogP contribution < -0.4 is 5.32 Å². The second kappa shape index (κ2) is 3.37. The molecule has 4 heteroatoms. The Hall–Kier alpha value is -1.06. The highest BCUT2D eigenvalue weighted by Gasteiger charge is 2.35. The number of hydrogen-bond donors (Lipinski definition) is 2. The van der Waals surface area contributed by atoms with Gasteiger partial charge in [-0.2, -0.15) is 0 Å². The number of carbonyl (C=O) groups is 2. The molecular formula is C7H13NO3. The Balaban J connectivity index is 4.30. The maximum absolute atomic E-state index is 11.0. The molecule has 0 heterocycles. The van der Waals surface area contributed by atoms with Gasteiger partial charge in [-0.25, -0.2) is 0 Å². The van der Waals surface area contributed by atoms with E-state index >= 15 is 0 Å². The van der Waals surface area contributed by atoms with Crippen molar-refractivity contribution in [3.05, 3.63) is 0 Å². The van der Waals surface area contributed by atoms with Gasteiger partial charge in [-0.15, -0.1) is 0 Å². The first kappa shape index (κ1) is 9.94. The second-order valence-electron chi connectivity index (χ2n) is 2.79. The standard InChI is InChI=1S/C7H13NO3/c1-4-8-5(9)7(2,3)6(10)11/h4H2,1-3H3,(H,8,9)(H,10,11). The van der Waals surface area contributed by atoms with Crippen molar-refractivity contribution in [1.82, 2.24) is 5.32 Å². The van der Waals surface area contributed by atoms with Gasteiger partial charge in [0.05, 0.1) is 0 Å². The topological polar surface area (TPSA) is 66.4 Å². The Morgan fingerprint density at radius 3 is 2.18 bits per heavy atom. The van der Waals surface area contributed by atoms with E-state index in [4.69, 9.17) is 5.11 Å². The minimum Gasteiger partial charge on any atom is -0.480 e. The lowest BCUT2D eigenvalue weighted by Crippen LogP contribution is -2.42. The molecule has 0 radical (unpaired) electrons. The zero-order chi connectivity index (χ0) is 9.07. The highest BCUT2D eigenvalue weighted by molar-refractivity contribution is 6.00. The van der Waals surface area contributed by atoms with Gasteiger partial charge in [0.15, 0.2) is 0 Å². The van der Waals surface area contributed by atoms with Crippen LogP contribution in [0.3, 0.4) is 0 Å². The van der Waals surface area contributed by atoms with E-state index in [1.807, 2.05) is 0 Å². The van der Waals surface area contributed by atoms with Gasteiger partial charge in [0.1, 0.15) is 5.41 Å². The molecule has 0 fully saturated rings. The fourth-order valence-electron chi connectivity index (χ4n) is 0.479. The van der Waals surface area contributed by atoms with Crippen LogP contribution in [0.15, 0.2) is 0 Å². The van der Waals surface area contributed by atoms with E-state index in [-0.39, 0.29) is 0 Å². The van der Waals surface area contributed by atoms with E-state index in [9.17, 15) is 9.59 Å². The Morgan fingerprint density at radius 2 is 1.91 bits per heavy atom. The maximum atomic E-state index is 11.0. The smallest absolute Gasteiger partial charge is 0.318 e. The number of carboxylic acid groups (broad SMARTS) is 1. The van der Waals surface area contributed by atoms with Crippen LogP contribution in [-0.2, 0) is 9.59 Å². The highest BCUT2D eigenvalue weighted by Crippen LogP contribution is 2.14. The van der Waals surface area contributed by atoms with Crippen molar-refractivity contribution in [3.8, 4) is 0 Å². The molecule has 0 saturated carbocycles. The zero-order valence-electron chi connectivity index (χ0n) is 6.97. The van der Waals surface area contributed by atoms with Crippen LogP contribution in [-0.4, -0.2) is 23.5 Å². The Labute approximate surface area is 65.6 Å². The Morgan fingerprint density at radius 1 is 1.45 bits per heavy atom. The van der Waals surface area contributed by atoms with Gasteiger partial charge in [-0.3, -0.25) is 9.59 Å². The van der Waals surface area contributed by atoms with Gasteiger partial charge in [0.2, 0.25) is 5.91 Å². The molecule has 1 amide bonds. The predicted molar refractivity (Wildman–Crippen MR) is 40.1 cm³/mol. The number of amides is 1. The SMILES string of the molecule is CCNC(=O)C(C)(C)C(=O)O. The molecule has 4 nitrogen and oxygen atoms in total. The average molecular weight is 159 g/mol. The normalized spacial score (nSPS) is 10.8. The molecule has 0 spiro atoms. The molecule has 0 unspecified atom stereocenters. The molecule has 2 N–H and O–H groups in total. The summed E-state index contributed by atoms with van der Waals surface area (Å²) in [6, 6.07) is 0. The fourth-order valence-corrected chi connectivity index (χ4v) is 0.479. The molecular weight excluding hydrogens is 146 g/mol. The minimum absolute atomic E-state index is 0.451. The van der Waals surface area contributed by atoms with Crippen LogP contribution in [0.4, 0.5) is 0 Å². The summed E-state index contributed by atoms with van der Waals surface area (Å²) in [6.45, 7) is 4.95. The van der Waals surface area contributed by atoms with Gasteiger partial charge < -0.3 is 10.4 Å². The number of rotatable bonds is 3. The molecule has 0 aliphatic rings. The van der Waals surface area contributed by atoms with Gasteiger partial charge in [0, 0.05) is 6.54 Å². The van der Waals surface area contributed by atoms with Crippen molar-refractivity contribution in [2.24, 2.45) is 5.41 Å². The second-order valence-corrected chi connectivity index (χ2v) is 2.79. The van der Waals surface area contributed by atoms with Crippen LogP contribution in [0, 0.1) is 5.41 Å². The third kappa shape index (κ3) is 2.22. The molecule has 0 aliphatic carbocycles. The number of carboxylic acids is 1. The van der Waals surface area contributed by atoms with Crippen molar-refractivity contribution >= 4 is 11.9 Å². The first-order chi connectivity index (χ1) is 4.92. The maximum Gasteiger partial charge on any atom is 0.318 e. The molecule has 11 heavy (non-hydrogen) atoms. The van der Waals surface area contributed by atoms with Crippen molar-refractivity contribution in [1.29, 1.82) is 0 Å². The summed E-state index contributed by atoms with van der Waals surface area (Å²) in [5, 5.41) is 11.0. The van der Waals surface area contributed by atoms with E-state index < -0.39 is 17.3 Å². The third-order valence-corrected chi connectivity index (χ3v) is 1.44. The fraction of sp³-hybridized carbons (Fsp3) is 0.714. The Kier molecular flexibility index (Phi) is 3.04. The van der Waals surface area contributed by atoms with Crippen molar-refractivity contribution in [2.75, 3.05) is 6.54 Å². The van der Waals surface area contributed by atoms with E-state index in [2.05, 4.69) is 5.32 Å². The quantitative estimate of drug-likeness (QED) is 0.579.